The second kappa shape index (κ2) is 8.81. The normalized spacial score (nSPS) is 18.8. The monoisotopic (exact) mass is 434 g/mol. The number of anilines is 2. The van der Waals surface area contributed by atoms with Gasteiger partial charge in [-0.1, -0.05) is 18.2 Å². The van der Waals surface area contributed by atoms with E-state index in [-0.39, 0.29) is 16.5 Å². The van der Waals surface area contributed by atoms with Gasteiger partial charge in [-0.05, 0) is 61.8 Å². The fourth-order valence-corrected chi connectivity index (χ4v) is 5.44. The van der Waals surface area contributed by atoms with Crippen LogP contribution in [-0.2, 0) is 6.42 Å². The number of likely N-dealkylation sites (tertiary alicyclic amines) is 1. The highest BCUT2D eigenvalue weighted by molar-refractivity contribution is 5.96. The zero-order chi connectivity index (χ0) is 22.1. The number of carbonyl (C=O) groups is 1. The van der Waals surface area contributed by atoms with Crippen LogP contribution in [0, 0.1) is 16.0 Å². The average molecular weight is 435 g/mol. The minimum absolute atomic E-state index is 0.0420. The lowest BCUT2D eigenvalue weighted by molar-refractivity contribution is -0.384. The van der Waals surface area contributed by atoms with Gasteiger partial charge < -0.3 is 14.7 Å². The molecule has 0 unspecified atom stereocenters. The van der Waals surface area contributed by atoms with Crippen LogP contribution in [0.4, 0.5) is 17.1 Å². The molecular formula is C25H30N4O3. The molecule has 3 aliphatic rings. The number of hydrogen-bond donors (Lipinski definition) is 0. The molecule has 0 radical (unpaired) electrons. The summed E-state index contributed by atoms with van der Waals surface area (Å²) in [5, 5.41) is 11.7. The summed E-state index contributed by atoms with van der Waals surface area (Å²) in [6.07, 6.45) is 5.15. The van der Waals surface area contributed by atoms with E-state index in [1.165, 1.54) is 17.3 Å². The molecule has 2 saturated heterocycles. The molecule has 2 aromatic rings. The molecule has 7 nitrogen and oxygen atoms in total. The summed E-state index contributed by atoms with van der Waals surface area (Å²) in [5.41, 5.74) is 3.89. The first-order chi connectivity index (χ1) is 15.6. The fourth-order valence-electron chi connectivity index (χ4n) is 5.44. The van der Waals surface area contributed by atoms with Crippen molar-refractivity contribution in [1.82, 2.24) is 4.90 Å². The summed E-state index contributed by atoms with van der Waals surface area (Å²) >= 11 is 0. The number of carbonyl (C=O) groups excluding carboxylic acids is 1. The highest BCUT2D eigenvalue weighted by Crippen LogP contribution is 2.33. The summed E-state index contributed by atoms with van der Waals surface area (Å²) < 4.78 is 0. The van der Waals surface area contributed by atoms with Crippen LogP contribution in [0.5, 0.6) is 0 Å². The van der Waals surface area contributed by atoms with E-state index in [4.69, 9.17) is 0 Å². The van der Waals surface area contributed by atoms with E-state index in [0.717, 1.165) is 58.3 Å². The van der Waals surface area contributed by atoms with Crippen LogP contribution >= 0.6 is 0 Å². The molecule has 0 aromatic heterocycles. The Morgan fingerprint density at radius 3 is 2.47 bits per heavy atom. The van der Waals surface area contributed by atoms with E-state index in [0.29, 0.717) is 30.3 Å². The Bertz CT molecular complexity index is 1010. The molecule has 3 aliphatic heterocycles. The van der Waals surface area contributed by atoms with Crippen molar-refractivity contribution < 1.29 is 9.72 Å². The van der Waals surface area contributed by atoms with Gasteiger partial charge in [-0.15, -0.1) is 0 Å². The Morgan fingerprint density at radius 1 is 0.969 bits per heavy atom. The molecule has 0 saturated carbocycles. The molecular weight excluding hydrogens is 404 g/mol. The highest BCUT2D eigenvalue weighted by Gasteiger charge is 2.29. The van der Waals surface area contributed by atoms with Crippen molar-refractivity contribution in [1.29, 1.82) is 0 Å². The summed E-state index contributed by atoms with van der Waals surface area (Å²) in [7, 11) is 0. The number of para-hydroxylation sites is 1. The maximum absolute atomic E-state index is 13.1. The molecule has 2 aromatic carbocycles. The first kappa shape index (κ1) is 20.8. The number of hydrogen-bond acceptors (Lipinski definition) is 5. The Hall–Kier alpha value is -3.09. The molecule has 3 heterocycles. The first-order valence-corrected chi connectivity index (χ1v) is 11.8. The van der Waals surface area contributed by atoms with Crippen LogP contribution in [0.2, 0.25) is 0 Å². The maximum Gasteiger partial charge on any atom is 0.293 e. The number of nitro benzene ring substituents is 1. The molecule has 0 atom stereocenters. The summed E-state index contributed by atoms with van der Waals surface area (Å²) in [6, 6.07) is 13.6. The Labute approximate surface area is 188 Å². The predicted molar refractivity (Wildman–Crippen MR) is 126 cm³/mol. The summed E-state index contributed by atoms with van der Waals surface area (Å²) in [4.78, 5) is 30.8. The van der Waals surface area contributed by atoms with E-state index in [2.05, 4.69) is 29.2 Å². The van der Waals surface area contributed by atoms with Gasteiger partial charge in [0.05, 0.1) is 4.92 Å². The van der Waals surface area contributed by atoms with Crippen LogP contribution in [0.25, 0.3) is 0 Å². The number of rotatable bonds is 5. The molecule has 1 amide bonds. The lowest BCUT2D eigenvalue weighted by atomic mass is 9.95. The first-order valence-electron chi connectivity index (χ1n) is 11.8. The third kappa shape index (κ3) is 4.04. The van der Waals surface area contributed by atoms with Gasteiger partial charge >= 0.3 is 0 Å². The van der Waals surface area contributed by atoms with Crippen molar-refractivity contribution in [3.63, 3.8) is 0 Å². The minimum atomic E-state index is -0.357. The van der Waals surface area contributed by atoms with E-state index in [9.17, 15) is 14.9 Å². The van der Waals surface area contributed by atoms with Crippen LogP contribution in [0.1, 0.15) is 41.6 Å². The van der Waals surface area contributed by atoms with E-state index < -0.39 is 0 Å². The quantitative estimate of drug-likeness (QED) is 0.523. The Morgan fingerprint density at radius 2 is 1.72 bits per heavy atom. The number of benzene rings is 2. The smallest absolute Gasteiger partial charge is 0.293 e. The van der Waals surface area contributed by atoms with Gasteiger partial charge in [-0.25, -0.2) is 0 Å². The molecule has 32 heavy (non-hydrogen) atoms. The molecule has 2 fully saturated rings. The largest absolute Gasteiger partial charge is 0.371 e. The lowest BCUT2D eigenvalue weighted by Crippen LogP contribution is -2.41. The van der Waals surface area contributed by atoms with E-state index in [1.54, 1.807) is 12.1 Å². The molecule has 0 spiro atoms. The average Bonchev–Trinajstić information content (AvgIpc) is 3.49. The second-order valence-corrected chi connectivity index (χ2v) is 9.22. The number of piperidine rings is 1. The van der Waals surface area contributed by atoms with Gasteiger partial charge in [0.15, 0.2) is 0 Å². The maximum atomic E-state index is 13.1. The highest BCUT2D eigenvalue weighted by atomic mass is 16.6. The second-order valence-electron chi connectivity index (χ2n) is 9.22. The van der Waals surface area contributed by atoms with Crippen LogP contribution < -0.4 is 9.80 Å². The standard InChI is InChI=1S/C25H30N4O3/c30-25(21-7-8-23(24(17-21)29(31)32)26-12-3-4-13-26)27-14-9-19(10-15-27)18-28-16-11-20-5-1-2-6-22(20)28/h1-2,5-8,17,19H,3-4,9-16,18H2. The number of fused-ring (bicyclic) bond motifs is 1. The van der Waals surface area contributed by atoms with Crippen molar-refractivity contribution in [2.24, 2.45) is 5.92 Å². The van der Waals surface area contributed by atoms with Crippen molar-refractivity contribution >= 4 is 23.0 Å². The molecule has 168 valence electrons. The topological polar surface area (TPSA) is 69.9 Å². The summed E-state index contributed by atoms with van der Waals surface area (Å²) in [6.45, 7) is 5.20. The van der Waals surface area contributed by atoms with Crippen LogP contribution in [0.15, 0.2) is 42.5 Å². The Balaban J connectivity index is 1.22. The van der Waals surface area contributed by atoms with E-state index in [1.807, 2.05) is 9.80 Å². The zero-order valence-corrected chi connectivity index (χ0v) is 18.4. The molecule has 7 heteroatoms. The minimum Gasteiger partial charge on any atom is -0.371 e. The number of nitro groups is 1. The van der Waals surface area contributed by atoms with Gasteiger partial charge in [0.25, 0.3) is 11.6 Å². The van der Waals surface area contributed by atoms with Gasteiger partial charge in [0.1, 0.15) is 5.69 Å². The molecule has 0 bridgehead atoms. The van der Waals surface area contributed by atoms with Gasteiger partial charge in [0, 0.05) is 56.6 Å². The SMILES string of the molecule is O=C(c1ccc(N2CCCC2)c([N+](=O)[O-])c1)N1CCC(CN2CCc3ccccc32)CC1. The lowest BCUT2D eigenvalue weighted by Gasteiger charge is -2.34. The zero-order valence-electron chi connectivity index (χ0n) is 18.4. The third-order valence-electron chi connectivity index (χ3n) is 7.23. The number of nitrogens with zero attached hydrogens (tertiary/aromatic N) is 4. The molecule has 0 N–H and O–H groups in total. The van der Waals surface area contributed by atoms with Crippen molar-refractivity contribution in [3.8, 4) is 0 Å². The Kier molecular flexibility index (Phi) is 5.72. The summed E-state index contributed by atoms with van der Waals surface area (Å²) in [5.74, 6) is 0.475. The van der Waals surface area contributed by atoms with Crippen LogP contribution in [-0.4, -0.2) is 55.0 Å². The van der Waals surface area contributed by atoms with Crippen molar-refractivity contribution in [2.45, 2.75) is 32.1 Å². The fraction of sp³-hybridized carbons (Fsp3) is 0.480. The van der Waals surface area contributed by atoms with Gasteiger partial charge in [-0.2, -0.15) is 0 Å². The molecule has 0 aliphatic carbocycles. The van der Waals surface area contributed by atoms with Gasteiger partial charge in [0.2, 0.25) is 0 Å². The predicted octanol–water partition coefficient (Wildman–Crippen LogP) is 4.11. The van der Waals surface area contributed by atoms with Crippen LogP contribution in [0.3, 0.4) is 0 Å². The van der Waals surface area contributed by atoms with Gasteiger partial charge in [-0.3, -0.25) is 14.9 Å². The van der Waals surface area contributed by atoms with Crippen molar-refractivity contribution in [2.75, 3.05) is 49.1 Å². The third-order valence-corrected chi connectivity index (χ3v) is 7.23. The number of amides is 1. The van der Waals surface area contributed by atoms with E-state index >= 15 is 0 Å². The van der Waals surface area contributed by atoms with Crippen molar-refractivity contribution in [3.05, 3.63) is 63.7 Å². The molecule has 5 rings (SSSR count).